The first kappa shape index (κ1) is 50.5. The number of amidine groups is 1. The second kappa shape index (κ2) is 28.6. The van der Waals surface area contributed by atoms with E-state index in [1.54, 1.807) is 0 Å². The van der Waals surface area contributed by atoms with Crippen LogP contribution in [0.4, 0.5) is 0 Å². The van der Waals surface area contributed by atoms with Gasteiger partial charge in [-0.1, -0.05) is 212 Å². The summed E-state index contributed by atoms with van der Waals surface area (Å²) in [6, 6.07) is 63.9. The Morgan fingerprint density at radius 3 is 1.59 bits per heavy atom. The van der Waals surface area contributed by atoms with E-state index >= 15 is 0 Å². The molecule has 0 aliphatic rings. The quantitative estimate of drug-likeness (QED) is 0.0687. The molecule has 1 heterocycles. The molecule has 0 aliphatic carbocycles. The van der Waals surface area contributed by atoms with Crippen LogP contribution in [0.15, 0.2) is 198 Å². The van der Waals surface area contributed by atoms with Crippen molar-refractivity contribution in [2.24, 2.45) is 9.98 Å². The highest BCUT2D eigenvalue weighted by Crippen LogP contribution is 2.35. The molecule has 322 valence electrons. The van der Waals surface area contributed by atoms with E-state index in [9.17, 15) is 0 Å². The van der Waals surface area contributed by atoms with Crippen molar-refractivity contribution in [3.63, 3.8) is 0 Å². The molecule has 0 saturated carbocycles. The van der Waals surface area contributed by atoms with Crippen molar-refractivity contribution in [2.45, 2.75) is 87.6 Å². The fourth-order valence-corrected chi connectivity index (χ4v) is 6.93. The summed E-state index contributed by atoms with van der Waals surface area (Å²) in [5, 5.41) is 0. The molecule has 0 fully saturated rings. The molecule has 0 N–H and O–H groups in total. The summed E-state index contributed by atoms with van der Waals surface area (Å²) >= 11 is 0. The Hall–Kier alpha value is -6.89. The lowest BCUT2D eigenvalue weighted by atomic mass is 9.87. The summed E-state index contributed by atoms with van der Waals surface area (Å²) in [5.41, 5.74) is 14.6. The Morgan fingerprint density at radius 2 is 1.03 bits per heavy atom. The largest absolute Gasteiger partial charge is 0.260 e. The average molecular weight is 830 g/mol. The zero-order valence-electron chi connectivity index (χ0n) is 39.1. The van der Waals surface area contributed by atoms with Gasteiger partial charge in [-0.15, -0.1) is 12.8 Å². The molecule has 7 rings (SSSR count). The van der Waals surface area contributed by atoms with Crippen LogP contribution in [-0.2, 0) is 6.54 Å². The molecule has 1 aromatic heterocycles. The van der Waals surface area contributed by atoms with E-state index in [4.69, 9.17) is 15.0 Å². The van der Waals surface area contributed by atoms with Crippen LogP contribution in [0.1, 0.15) is 109 Å². The molecule has 0 radical (unpaired) electrons. The number of hydrogen-bond donors (Lipinski definition) is 0. The number of benzene rings is 6. The van der Waals surface area contributed by atoms with Crippen LogP contribution >= 0.6 is 0 Å². The Morgan fingerprint density at radius 1 is 0.540 bits per heavy atom. The maximum Gasteiger partial charge on any atom is 0.174 e. The Kier molecular flexibility index (Phi) is 22.9. The number of allylic oxidation sites excluding steroid dienone is 2. The Balaban J connectivity index is 0.00000125. The third-order valence-electron chi connectivity index (χ3n) is 10.2. The van der Waals surface area contributed by atoms with Gasteiger partial charge in [0.2, 0.25) is 0 Å². The molecule has 1 unspecified atom stereocenters. The number of terminal acetylenes is 1. The van der Waals surface area contributed by atoms with Gasteiger partial charge in [-0.2, -0.15) is 0 Å². The van der Waals surface area contributed by atoms with Crippen LogP contribution in [0.2, 0.25) is 0 Å². The van der Waals surface area contributed by atoms with E-state index in [0.29, 0.717) is 18.3 Å². The molecule has 0 saturated heterocycles. The highest BCUT2D eigenvalue weighted by molar-refractivity contribution is 6.11. The third kappa shape index (κ3) is 15.2. The fourth-order valence-electron chi connectivity index (χ4n) is 6.93. The molecule has 0 spiro atoms. The first-order chi connectivity index (χ1) is 31.0. The summed E-state index contributed by atoms with van der Waals surface area (Å²) in [5.74, 6) is 1.01. The number of pyridine rings is 1. The normalized spacial score (nSPS) is 11.4. The van der Waals surface area contributed by atoms with Gasteiger partial charge in [-0.25, -0.2) is 9.98 Å². The van der Waals surface area contributed by atoms with E-state index < -0.39 is 0 Å². The van der Waals surface area contributed by atoms with Gasteiger partial charge >= 0.3 is 0 Å². The van der Waals surface area contributed by atoms with Crippen LogP contribution in [-0.4, -0.2) is 16.5 Å². The van der Waals surface area contributed by atoms with E-state index in [1.165, 1.54) is 39.0 Å². The zero-order chi connectivity index (χ0) is 45.8. The standard InChI is InChI=1S/C52H47N3.3C2H6.C2H2/c1-4-41(47-34-48(43-23-13-7-14-24-43)36-49(35-47)44-25-15-8-16-26-44)32-31-38(2)45-27-17-28-46(33-45)50-29-18-30-51(55-50)52(53-37-40-19-9-5-10-20-40)54-39(3)42-21-11-6-12-22-42;4*1-2/h5-31,33-36,41H,4,32,37H2,1-3H3;3*1-2H3;1-2H/b38-31+,53-52?,54-39?;;;;. The van der Waals surface area contributed by atoms with Crippen LogP contribution in [0.3, 0.4) is 0 Å². The maximum atomic E-state index is 5.14. The van der Waals surface area contributed by atoms with Gasteiger partial charge in [0.1, 0.15) is 5.69 Å². The lowest BCUT2D eigenvalue weighted by Crippen LogP contribution is -2.07. The van der Waals surface area contributed by atoms with Crippen molar-refractivity contribution in [2.75, 3.05) is 0 Å². The lowest BCUT2D eigenvalue weighted by Gasteiger charge is -2.18. The van der Waals surface area contributed by atoms with Crippen LogP contribution in [0.5, 0.6) is 0 Å². The molecular formula is C60H67N3. The smallest absolute Gasteiger partial charge is 0.174 e. The second-order valence-corrected chi connectivity index (χ2v) is 14.0. The molecule has 3 heteroatoms. The minimum absolute atomic E-state index is 0.385. The number of nitrogens with zero attached hydrogens (tertiary/aromatic N) is 3. The van der Waals surface area contributed by atoms with Gasteiger partial charge in [0.25, 0.3) is 0 Å². The topological polar surface area (TPSA) is 37.6 Å². The summed E-state index contributed by atoms with van der Waals surface area (Å²) in [6.07, 6.45) is 12.4. The minimum atomic E-state index is 0.385. The summed E-state index contributed by atoms with van der Waals surface area (Å²) < 4.78 is 0. The average Bonchev–Trinajstić information content (AvgIpc) is 3.38. The van der Waals surface area contributed by atoms with Crippen molar-refractivity contribution >= 4 is 17.1 Å². The number of aromatic nitrogens is 1. The zero-order valence-corrected chi connectivity index (χ0v) is 39.1. The van der Waals surface area contributed by atoms with Crippen molar-refractivity contribution in [3.8, 4) is 46.4 Å². The molecule has 6 aromatic carbocycles. The molecule has 63 heavy (non-hydrogen) atoms. The first-order valence-corrected chi connectivity index (χ1v) is 22.6. The Bertz CT molecular complexity index is 2400. The third-order valence-corrected chi connectivity index (χ3v) is 10.2. The molecule has 3 nitrogen and oxygen atoms in total. The van der Waals surface area contributed by atoms with Gasteiger partial charge in [-0.3, -0.25) is 4.99 Å². The van der Waals surface area contributed by atoms with E-state index in [2.05, 4.69) is 172 Å². The van der Waals surface area contributed by atoms with E-state index in [-0.39, 0.29) is 0 Å². The van der Waals surface area contributed by atoms with Crippen molar-refractivity contribution < 1.29 is 0 Å². The minimum Gasteiger partial charge on any atom is -0.260 e. The molecule has 0 aliphatic heterocycles. The molecule has 0 amide bonds. The molecule has 7 aromatic rings. The number of aliphatic imine (C=N–C) groups is 2. The van der Waals surface area contributed by atoms with Gasteiger partial charge < -0.3 is 0 Å². The summed E-state index contributed by atoms with van der Waals surface area (Å²) in [7, 11) is 0. The predicted octanol–water partition coefficient (Wildman–Crippen LogP) is 16.9. The predicted molar refractivity (Wildman–Crippen MR) is 278 cm³/mol. The van der Waals surface area contributed by atoms with Gasteiger partial charge in [0.15, 0.2) is 5.84 Å². The molecule has 0 bridgehead atoms. The van der Waals surface area contributed by atoms with Gasteiger partial charge in [0.05, 0.1) is 12.2 Å². The summed E-state index contributed by atoms with van der Waals surface area (Å²) in [4.78, 5) is 15.2. The lowest BCUT2D eigenvalue weighted by molar-refractivity contribution is 0.675. The van der Waals surface area contributed by atoms with Gasteiger partial charge in [0, 0.05) is 11.3 Å². The molecule has 1 atom stereocenters. The van der Waals surface area contributed by atoms with Crippen molar-refractivity contribution in [3.05, 3.63) is 216 Å². The number of hydrogen-bond acceptors (Lipinski definition) is 2. The van der Waals surface area contributed by atoms with Crippen molar-refractivity contribution in [1.82, 2.24) is 4.98 Å². The highest BCUT2D eigenvalue weighted by atomic mass is 15.0. The van der Waals surface area contributed by atoms with Gasteiger partial charge in [-0.05, 0) is 107 Å². The monoisotopic (exact) mass is 830 g/mol. The highest BCUT2D eigenvalue weighted by Gasteiger charge is 2.14. The fraction of sp³-hybridized carbons (Fsp3) is 0.217. The maximum absolute atomic E-state index is 5.14. The molecular weight excluding hydrogens is 763 g/mol. The first-order valence-electron chi connectivity index (χ1n) is 22.6. The van der Waals surface area contributed by atoms with Crippen LogP contribution < -0.4 is 0 Å². The van der Waals surface area contributed by atoms with E-state index in [0.717, 1.165) is 46.6 Å². The Labute approximate surface area is 380 Å². The van der Waals surface area contributed by atoms with Crippen LogP contribution in [0, 0.1) is 12.8 Å². The second-order valence-electron chi connectivity index (χ2n) is 14.0. The summed E-state index contributed by atoms with van der Waals surface area (Å²) in [6.45, 7) is 19.1. The number of rotatable bonds is 12. The van der Waals surface area contributed by atoms with Crippen LogP contribution in [0.25, 0.3) is 39.1 Å². The van der Waals surface area contributed by atoms with Crippen molar-refractivity contribution in [1.29, 1.82) is 0 Å². The SMILES string of the molecule is C#C.CC.CC.CC.CCC(C/C=C(\C)c1cccc(-c2cccc(C(N=C(C)c3ccccc3)=NCc3ccccc3)n2)c1)c1cc(-c2ccccc2)cc(-c2ccccc2)c1. The van der Waals surface area contributed by atoms with E-state index in [1.807, 2.05) is 90.9 Å².